The Morgan fingerprint density at radius 2 is 1.92 bits per heavy atom. The van der Waals surface area contributed by atoms with E-state index in [-0.39, 0.29) is 5.82 Å². The smallest absolute Gasteiger partial charge is 0.191 e. The highest BCUT2D eigenvalue weighted by molar-refractivity contribution is 5.83. The molecule has 0 amide bonds. The summed E-state index contributed by atoms with van der Waals surface area (Å²) in [5, 5.41) is 7.67. The Balaban J connectivity index is 1.55. The molecule has 0 aliphatic rings. The molecule has 1 aromatic heterocycles. The molecule has 0 saturated carbocycles. The van der Waals surface area contributed by atoms with Crippen LogP contribution in [0.3, 0.4) is 0 Å². The monoisotopic (exact) mass is 336 g/mol. The van der Waals surface area contributed by atoms with Gasteiger partial charge in [-0.1, -0.05) is 36.4 Å². The maximum absolute atomic E-state index is 13.2. The molecule has 0 spiro atoms. The van der Waals surface area contributed by atoms with Gasteiger partial charge in [0.05, 0.1) is 5.52 Å². The van der Waals surface area contributed by atoms with Crippen molar-refractivity contribution in [1.82, 2.24) is 15.6 Å². The zero-order chi connectivity index (χ0) is 17.5. The summed E-state index contributed by atoms with van der Waals surface area (Å²) in [4.78, 5) is 8.69. The predicted octanol–water partition coefficient (Wildman–Crippen LogP) is 3.28. The fraction of sp³-hybridized carbons (Fsp3) is 0.200. The number of halogens is 1. The van der Waals surface area contributed by atoms with Crippen molar-refractivity contribution in [3.8, 4) is 0 Å². The molecule has 0 bridgehead atoms. The Hall–Kier alpha value is -2.95. The van der Waals surface area contributed by atoms with Crippen LogP contribution in [0, 0.1) is 5.82 Å². The SMILES string of the molecule is CN=C(NCCc1cccc(F)c1)NCc1cccc2cccnc12. The number of fused-ring (bicyclic) bond motifs is 1. The van der Waals surface area contributed by atoms with Gasteiger partial charge in [-0.15, -0.1) is 0 Å². The summed E-state index contributed by atoms with van der Waals surface area (Å²) >= 11 is 0. The van der Waals surface area contributed by atoms with Gasteiger partial charge in [-0.3, -0.25) is 9.98 Å². The largest absolute Gasteiger partial charge is 0.356 e. The topological polar surface area (TPSA) is 49.3 Å². The Bertz CT molecular complexity index is 871. The van der Waals surface area contributed by atoms with Gasteiger partial charge in [0.15, 0.2) is 5.96 Å². The molecule has 0 saturated heterocycles. The summed E-state index contributed by atoms with van der Waals surface area (Å²) in [7, 11) is 1.73. The number of guanidine groups is 1. The van der Waals surface area contributed by atoms with Crippen molar-refractivity contribution in [2.75, 3.05) is 13.6 Å². The summed E-state index contributed by atoms with van der Waals surface area (Å²) in [6.45, 7) is 1.31. The van der Waals surface area contributed by atoms with E-state index >= 15 is 0 Å². The van der Waals surface area contributed by atoms with Crippen LogP contribution in [0.2, 0.25) is 0 Å². The van der Waals surface area contributed by atoms with E-state index in [1.54, 1.807) is 25.4 Å². The number of rotatable bonds is 5. The molecule has 0 aliphatic carbocycles. The first-order chi connectivity index (χ1) is 12.3. The van der Waals surface area contributed by atoms with Gasteiger partial charge in [0.2, 0.25) is 0 Å². The zero-order valence-electron chi connectivity index (χ0n) is 14.2. The summed E-state index contributed by atoms with van der Waals surface area (Å²) in [6, 6.07) is 16.8. The summed E-state index contributed by atoms with van der Waals surface area (Å²) in [5.74, 6) is 0.507. The maximum atomic E-state index is 13.2. The average Bonchev–Trinajstić information content (AvgIpc) is 2.64. The van der Waals surface area contributed by atoms with Crippen LogP contribution >= 0.6 is 0 Å². The third kappa shape index (κ3) is 4.53. The third-order valence-corrected chi connectivity index (χ3v) is 3.98. The molecular weight excluding hydrogens is 315 g/mol. The number of benzene rings is 2. The summed E-state index contributed by atoms with van der Waals surface area (Å²) < 4.78 is 13.2. The van der Waals surface area contributed by atoms with E-state index in [0.29, 0.717) is 19.0 Å². The molecule has 1 heterocycles. The molecule has 4 nitrogen and oxygen atoms in total. The molecule has 0 fully saturated rings. The number of hydrogen-bond acceptors (Lipinski definition) is 2. The Morgan fingerprint density at radius 3 is 2.76 bits per heavy atom. The van der Waals surface area contributed by atoms with Gasteiger partial charge < -0.3 is 10.6 Å². The average molecular weight is 336 g/mol. The molecule has 0 unspecified atom stereocenters. The van der Waals surface area contributed by atoms with Crippen LogP contribution in [0.1, 0.15) is 11.1 Å². The van der Waals surface area contributed by atoms with E-state index in [2.05, 4.69) is 38.8 Å². The Kier molecular flexibility index (Phi) is 5.57. The second kappa shape index (κ2) is 8.24. The minimum absolute atomic E-state index is 0.205. The van der Waals surface area contributed by atoms with E-state index in [4.69, 9.17) is 0 Å². The lowest BCUT2D eigenvalue weighted by molar-refractivity contribution is 0.625. The number of aromatic nitrogens is 1. The van der Waals surface area contributed by atoms with Crippen LogP contribution < -0.4 is 10.6 Å². The van der Waals surface area contributed by atoms with Gasteiger partial charge in [-0.2, -0.15) is 0 Å². The van der Waals surface area contributed by atoms with Crippen LogP contribution in [0.25, 0.3) is 10.9 Å². The first kappa shape index (κ1) is 16.9. The molecule has 3 aromatic rings. The van der Waals surface area contributed by atoms with Crippen molar-refractivity contribution in [1.29, 1.82) is 0 Å². The quantitative estimate of drug-likeness (QED) is 0.555. The van der Waals surface area contributed by atoms with Crippen LogP contribution in [0.4, 0.5) is 4.39 Å². The normalized spacial score (nSPS) is 11.5. The highest BCUT2D eigenvalue weighted by atomic mass is 19.1. The number of para-hydroxylation sites is 1. The van der Waals surface area contributed by atoms with Crippen molar-refractivity contribution >= 4 is 16.9 Å². The minimum Gasteiger partial charge on any atom is -0.356 e. The van der Waals surface area contributed by atoms with Gasteiger partial charge in [0.25, 0.3) is 0 Å². The number of aliphatic imine (C=N–C) groups is 1. The van der Waals surface area contributed by atoms with E-state index in [0.717, 1.165) is 28.5 Å². The Labute approximate surface area is 146 Å². The van der Waals surface area contributed by atoms with Gasteiger partial charge >= 0.3 is 0 Å². The van der Waals surface area contributed by atoms with Gasteiger partial charge in [0, 0.05) is 31.7 Å². The number of hydrogen-bond donors (Lipinski definition) is 2. The highest BCUT2D eigenvalue weighted by Gasteiger charge is 2.03. The zero-order valence-corrected chi connectivity index (χ0v) is 14.2. The fourth-order valence-corrected chi connectivity index (χ4v) is 2.73. The molecule has 2 N–H and O–H groups in total. The Morgan fingerprint density at radius 1 is 1.08 bits per heavy atom. The first-order valence-electron chi connectivity index (χ1n) is 8.28. The summed E-state index contributed by atoms with van der Waals surface area (Å²) in [5.41, 5.74) is 3.07. The van der Waals surface area contributed by atoms with Gasteiger partial charge in [-0.25, -0.2) is 4.39 Å². The highest BCUT2D eigenvalue weighted by Crippen LogP contribution is 2.15. The molecule has 0 aliphatic heterocycles. The van der Waals surface area contributed by atoms with Crippen molar-refractivity contribution in [2.45, 2.75) is 13.0 Å². The second-order valence-electron chi connectivity index (χ2n) is 5.72. The number of nitrogens with one attached hydrogen (secondary N) is 2. The van der Waals surface area contributed by atoms with E-state index < -0.39 is 0 Å². The van der Waals surface area contributed by atoms with Crippen LogP contribution in [-0.4, -0.2) is 24.5 Å². The van der Waals surface area contributed by atoms with Crippen molar-refractivity contribution in [2.24, 2.45) is 4.99 Å². The van der Waals surface area contributed by atoms with Crippen LogP contribution in [0.5, 0.6) is 0 Å². The molecule has 0 radical (unpaired) electrons. The van der Waals surface area contributed by atoms with Gasteiger partial charge in [-0.05, 0) is 35.7 Å². The summed E-state index contributed by atoms with van der Waals surface area (Å²) in [6.07, 6.45) is 2.53. The first-order valence-corrected chi connectivity index (χ1v) is 8.28. The van der Waals surface area contributed by atoms with E-state index in [1.165, 1.54) is 6.07 Å². The molecule has 2 aromatic carbocycles. The molecule has 3 rings (SSSR count). The molecule has 25 heavy (non-hydrogen) atoms. The standard InChI is InChI=1S/C20H21FN4/c1-22-20(24-12-10-15-5-2-9-18(21)13-15)25-14-17-7-3-6-16-8-4-11-23-19(16)17/h2-9,11,13H,10,12,14H2,1H3,(H2,22,24,25). The van der Waals surface area contributed by atoms with E-state index in [1.807, 2.05) is 18.2 Å². The second-order valence-corrected chi connectivity index (χ2v) is 5.72. The van der Waals surface area contributed by atoms with Crippen LogP contribution in [0.15, 0.2) is 65.8 Å². The van der Waals surface area contributed by atoms with Crippen molar-refractivity contribution < 1.29 is 4.39 Å². The predicted molar refractivity (Wildman–Crippen MR) is 100 cm³/mol. The number of nitrogens with zero attached hydrogens (tertiary/aromatic N) is 2. The lowest BCUT2D eigenvalue weighted by Gasteiger charge is -2.13. The molecule has 0 atom stereocenters. The lowest BCUT2D eigenvalue weighted by atomic mass is 10.1. The fourth-order valence-electron chi connectivity index (χ4n) is 2.73. The number of pyridine rings is 1. The minimum atomic E-state index is -0.205. The van der Waals surface area contributed by atoms with Gasteiger partial charge in [0.1, 0.15) is 5.82 Å². The third-order valence-electron chi connectivity index (χ3n) is 3.98. The maximum Gasteiger partial charge on any atom is 0.191 e. The molecular formula is C20H21FN4. The lowest BCUT2D eigenvalue weighted by Crippen LogP contribution is -2.37. The van der Waals surface area contributed by atoms with E-state index in [9.17, 15) is 4.39 Å². The van der Waals surface area contributed by atoms with Crippen molar-refractivity contribution in [3.63, 3.8) is 0 Å². The molecule has 5 heteroatoms. The van der Waals surface area contributed by atoms with Crippen LogP contribution in [-0.2, 0) is 13.0 Å². The van der Waals surface area contributed by atoms with Crippen molar-refractivity contribution in [3.05, 3.63) is 77.7 Å². The molecule has 128 valence electrons.